The molecule has 0 saturated carbocycles. The van der Waals surface area contributed by atoms with Crippen LogP contribution in [0.3, 0.4) is 0 Å². The van der Waals surface area contributed by atoms with E-state index in [0.29, 0.717) is 38.9 Å². The van der Waals surface area contributed by atoms with Crippen LogP contribution < -0.4 is 5.32 Å². The molecule has 34 heavy (non-hydrogen) atoms. The number of likely N-dealkylation sites (tertiary alicyclic amines) is 2. The lowest BCUT2D eigenvalue weighted by molar-refractivity contribution is -0.149. The van der Waals surface area contributed by atoms with E-state index in [4.69, 9.17) is 9.97 Å². The Labute approximate surface area is 203 Å². The second-order valence-corrected chi connectivity index (χ2v) is 10.5. The number of hydrogen-bond acceptors (Lipinski definition) is 5. The smallest absolute Gasteiger partial charge is 0.228 e. The summed E-state index contributed by atoms with van der Waals surface area (Å²) in [5, 5.41) is 3.12. The van der Waals surface area contributed by atoms with E-state index in [-0.39, 0.29) is 17.2 Å². The van der Waals surface area contributed by atoms with Gasteiger partial charge in [-0.1, -0.05) is 44.2 Å². The van der Waals surface area contributed by atoms with Gasteiger partial charge in [0.2, 0.25) is 11.8 Å². The van der Waals surface area contributed by atoms with Crippen molar-refractivity contribution in [2.24, 2.45) is 5.41 Å². The van der Waals surface area contributed by atoms with Gasteiger partial charge in [0, 0.05) is 55.8 Å². The van der Waals surface area contributed by atoms with Crippen molar-refractivity contribution >= 4 is 17.6 Å². The number of benzene rings is 1. The van der Waals surface area contributed by atoms with Gasteiger partial charge in [0.15, 0.2) is 0 Å². The summed E-state index contributed by atoms with van der Waals surface area (Å²) >= 11 is 0. The molecule has 4 rings (SSSR count). The van der Waals surface area contributed by atoms with Gasteiger partial charge >= 0.3 is 0 Å². The van der Waals surface area contributed by atoms with Crippen LogP contribution in [0.2, 0.25) is 0 Å². The average molecular weight is 464 g/mol. The lowest BCUT2D eigenvalue weighted by Gasteiger charge is -2.45. The molecule has 2 fully saturated rings. The molecule has 182 valence electrons. The van der Waals surface area contributed by atoms with Crippen molar-refractivity contribution in [1.29, 1.82) is 0 Å². The first-order valence-electron chi connectivity index (χ1n) is 12.4. The van der Waals surface area contributed by atoms with Crippen LogP contribution in [0.4, 0.5) is 5.82 Å². The molecule has 2 saturated heterocycles. The second-order valence-electron chi connectivity index (χ2n) is 10.5. The number of nitrogens with zero attached hydrogens (tertiary/aromatic N) is 4. The molecule has 2 amide bonds. The molecule has 7 nitrogen and oxygen atoms in total. The molecule has 3 heterocycles. The highest BCUT2D eigenvalue weighted by Gasteiger charge is 2.44. The maximum Gasteiger partial charge on any atom is 0.228 e. The molecule has 1 N–H and O–H groups in total. The van der Waals surface area contributed by atoms with Gasteiger partial charge in [0.05, 0.1) is 6.42 Å². The Morgan fingerprint density at radius 2 is 1.71 bits per heavy atom. The summed E-state index contributed by atoms with van der Waals surface area (Å²) < 4.78 is 0. The molecule has 0 radical (unpaired) electrons. The number of rotatable bonds is 5. The monoisotopic (exact) mass is 463 g/mol. The quantitative estimate of drug-likeness (QED) is 0.733. The first-order chi connectivity index (χ1) is 16.2. The minimum Gasteiger partial charge on any atom is -0.373 e. The first kappa shape index (κ1) is 24.2. The normalized spacial score (nSPS) is 22.4. The predicted molar refractivity (Wildman–Crippen MR) is 134 cm³/mol. The minimum absolute atomic E-state index is 0.142. The van der Waals surface area contributed by atoms with Crippen molar-refractivity contribution in [3.05, 3.63) is 53.5 Å². The summed E-state index contributed by atoms with van der Waals surface area (Å²) in [4.78, 5) is 39.9. The van der Waals surface area contributed by atoms with E-state index < -0.39 is 5.41 Å². The maximum absolute atomic E-state index is 13.7. The van der Waals surface area contributed by atoms with Gasteiger partial charge in [-0.25, -0.2) is 9.97 Å². The molecular formula is C27H37N5O2. The Morgan fingerprint density at radius 1 is 1.00 bits per heavy atom. The van der Waals surface area contributed by atoms with Crippen LogP contribution in [0, 0.1) is 12.3 Å². The van der Waals surface area contributed by atoms with E-state index in [1.807, 2.05) is 60.2 Å². The van der Waals surface area contributed by atoms with Gasteiger partial charge < -0.3 is 15.1 Å². The molecule has 0 aliphatic carbocycles. The molecule has 1 aromatic heterocycles. The molecule has 0 spiro atoms. The summed E-state index contributed by atoms with van der Waals surface area (Å²) in [6.45, 7) is 8.89. The molecule has 2 aliphatic rings. The number of piperidine rings is 2. The highest BCUT2D eigenvalue weighted by atomic mass is 16.2. The molecule has 0 unspecified atom stereocenters. The Hall–Kier alpha value is -2.96. The molecule has 0 bridgehead atoms. The van der Waals surface area contributed by atoms with Crippen molar-refractivity contribution in [2.45, 2.75) is 58.3 Å². The van der Waals surface area contributed by atoms with Gasteiger partial charge in [-0.2, -0.15) is 0 Å². The number of aromatic nitrogens is 2. The molecular weight excluding hydrogens is 426 g/mol. The van der Waals surface area contributed by atoms with Crippen molar-refractivity contribution in [2.75, 3.05) is 38.5 Å². The fourth-order valence-electron chi connectivity index (χ4n) is 5.29. The van der Waals surface area contributed by atoms with Crippen LogP contribution in [0.15, 0.2) is 36.4 Å². The summed E-state index contributed by atoms with van der Waals surface area (Å²) in [7, 11) is 1.86. The van der Waals surface area contributed by atoms with E-state index in [2.05, 4.69) is 19.2 Å². The topological polar surface area (TPSA) is 78.4 Å². The van der Waals surface area contributed by atoms with Crippen molar-refractivity contribution in [3.63, 3.8) is 0 Å². The fraction of sp³-hybridized carbons (Fsp3) is 0.556. The zero-order valence-corrected chi connectivity index (χ0v) is 20.9. The van der Waals surface area contributed by atoms with Crippen molar-refractivity contribution in [1.82, 2.24) is 19.8 Å². The molecule has 7 heteroatoms. The number of carbonyl (C=O) groups excluding carboxylic acids is 2. The third-order valence-corrected chi connectivity index (χ3v) is 7.57. The maximum atomic E-state index is 13.7. The van der Waals surface area contributed by atoms with Crippen LogP contribution in [0.25, 0.3) is 0 Å². The molecule has 2 aromatic rings. The summed E-state index contributed by atoms with van der Waals surface area (Å²) in [5.41, 5.74) is 1.25. The van der Waals surface area contributed by atoms with Crippen LogP contribution in [-0.4, -0.2) is 64.8 Å². The number of nitrogens with one attached hydrogen (secondary N) is 1. The average Bonchev–Trinajstić information content (AvgIpc) is 2.84. The summed E-state index contributed by atoms with van der Waals surface area (Å²) in [6, 6.07) is 11.8. The zero-order valence-electron chi connectivity index (χ0n) is 20.9. The van der Waals surface area contributed by atoms with Gasteiger partial charge in [-0.3, -0.25) is 9.59 Å². The van der Waals surface area contributed by atoms with E-state index in [1.165, 1.54) is 0 Å². The Bertz CT molecular complexity index is 1030. The second kappa shape index (κ2) is 9.72. The molecule has 1 aromatic carbocycles. The van der Waals surface area contributed by atoms with E-state index >= 15 is 0 Å². The van der Waals surface area contributed by atoms with E-state index in [1.54, 1.807) is 0 Å². The number of carbonyl (C=O) groups is 2. The number of amides is 2. The number of hydrogen-bond donors (Lipinski definition) is 1. The third-order valence-electron chi connectivity index (χ3n) is 7.57. The van der Waals surface area contributed by atoms with E-state index in [0.717, 1.165) is 42.3 Å². The van der Waals surface area contributed by atoms with Crippen molar-refractivity contribution in [3.8, 4) is 0 Å². The van der Waals surface area contributed by atoms with Gasteiger partial charge in [0.1, 0.15) is 11.6 Å². The fourth-order valence-corrected chi connectivity index (χ4v) is 5.29. The molecule has 1 atom stereocenters. The standard InChI is InChI=1S/C27H37N5O2/c1-20-17-22(28-4)30-24(29-20)27(3)11-8-14-32(19-27)25(34)26(2)12-15-31(16-13-26)23(33)18-21-9-6-5-7-10-21/h5-7,9-10,17H,8,11-16,18-19H2,1-4H3,(H,28,29,30)/t27-/m0/s1. The van der Waals surface area contributed by atoms with Gasteiger partial charge in [-0.05, 0) is 38.2 Å². The van der Waals surface area contributed by atoms with Crippen LogP contribution in [0.1, 0.15) is 56.6 Å². The third kappa shape index (κ3) is 5.08. The highest BCUT2D eigenvalue weighted by molar-refractivity contribution is 5.84. The molecule has 2 aliphatic heterocycles. The zero-order chi connectivity index (χ0) is 24.3. The predicted octanol–water partition coefficient (Wildman–Crippen LogP) is 3.58. The lowest BCUT2D eigenvalue weighted by atomic mass is 9.76. The first-order valence-corrected chi connectivity index (χ1v) is 12.4. The largest absolute Gasteiger partial charge is 0.373 e. The van der Waals surface area contributed by atoms with Crippen molar-refractivity contribution < 1.29 is 9.59 Å². The van der Waals surface area contributed by atoms with Crippen LogP contribution in [0.5, 0.6) is 0 Å². The summed E-state index contributed by atoms with van der Waals surface area (Å²) in [5.74, 6) is 1.96. The van der Waals surface area contributed by atoms with Crippen LogP contribution in [-0.2, 0) is 21.4 Å². The Kier molecular flexibility index (Phi) is 6.91. The van der Waals surface area contributed by atoms with E-state index in [9.17, 15) is 9.59 Å². The number of anilines is 1. The van der Waals surface area contributed by atoms with Gasteiger partial charge in [-0.15, -0.1) is 0 Å². The highest BCUT2D eigenvalue weighted by Crippen LogP contribution is 2.38. The Morgan fingerprint density at radius 3 is 2.38 bits per heavy atom. The summed E-state index contributed by atoms with van der Waals surface area (Å²) in [6.07, 6.45) is 3.71. The minimum atomic E-state index is -0.439. The Balaban J connectivity index is 1.40. The SMILES string of the molecule is CNc1cc(C)nc([C@@]2(C)CCCN(C(=O)C3(C)CCN(C(=O)Cc4ccccc4)CC3)C2)n1. The lowest BCUT2D eigenvalue weighted by Crippen LogP contribution is -2.55. The van der Waals surface area contributed by atoms with Gasteiger partial charge in [0.25, 0.3) is 0 Å². The van der Waals surface area contributed by atoms with Crippen LogP contribution >= 0.6 is 0 Å². The number of aryl methyl sites for hydroxylation is 1.